The summed E-state index contributed by atoms with van der Waals surface area (Å²) in [6.45, 7) is 23.9. The van der Waals surface area contributed by atoms with Gasteiger partial charge < -0.3 is 19.3 Å². The lowest BCUT2D eigenvalue weighted by atomic mass is 9.56. The standard InChI is InChI=1S/C70H72BN5O/c1-66(2,3)49-31-38-72-64(41-49)76-60-20-13-12-19-54(60)55-26-25-52(43-63(55)76)77-51-18-16-17-50(42-51)73-45-74(62-22-15-14-21-61(62)73)65-53(47-24-28-57-59(40-47)70(10,11)35-33-68(57,6)7)30-37-71-36-29-48(44-75(65)71)46-23-27-56-58(39-46)69(8,9)34-32-67(56,4)5/h12-31,36-44H,32-35,45H2,1-11H3/i23D,24D,27D,28D,39D,40D. The van der Waals surface area contributed by atoms with Gasteiger partial charge in [0.2, 0.25) is 0 Å². The lowest BCUT2D eigenvalue weighted by Gasteiger charge is -2.43. The van der Waals surface area contributed by atoms with Gasteiger partial charge in [-0.05, 0) is 152 Å². The van der Waals surface area contributed by atoms with Gasteiger partial charge in [-0.15, -0.1) is 0 Å². The highest BCUT2D eigenvalue weighted by atomic mass is 16.5. The van der Waals surface area contributed by atoms with Crippen LogP contribution in [0.1, 0.15) is 149 Å². The second kappa shape index (κ2) is 17.5. The molecule has 77 heavy (non-hydrogen) atoms. The summed E-state index contributed by atoms with van der Waals surface area (Å²) in [5, 5.41) is 2.24. The fourth-order valence-electron chi connectivity index (χ4n) is 12.6. The summed E-state index contributed by atoms with van der Waals surface area (Å²) in [6, 6.07) is 36.4. The molecule has 7 heteroatoms. The van der Waals surface area contributed by atoms with E-state index in [2.05, 4.69) is 180 Å². The highest BCUT2D eigenvalue weighted by molar-refractivity contribution is 6.68. The van der Waals surface area contributed by atoms with E-state index in [-0.39, 0.29) is 59.3 Å². The molecule has 0 atom stereocenters. The first-order chi connectivity index (χ1) is 39.3. The third-order valence-corrected chi connectivity index (χ3v) is 17.5. The number of anilines is 3. The van der Waals surface area contributed by atoms with Crippen molar-refractivity contribution in [2.45, 2.75) is 129 Å². The maximum Gasteiger partial charge on any atom is 0.314 e. The average molecular weight is 1020 g/mol. The number of ether oxygens (including phenoxy) is 1. The molecule has 0 unspecified atom stereocenters. The van der Waals surface area contributed by atoms with Crippen molar-refractivity contribution >= 4 is 56.9 Å². The summed E-state index contributed by atoms with van der Waals surface area (Å²) in [4.78, 5) is 11.6. The van der Waals surface area contributed by atoms with E-state index < -0.39 is 10.8 Å². The van der Waals surface area contributed by atoms with Crippen LogP contribution in [0.5, 0.6) is 11.5 Å². The number of hydrogen-bond donors (Lipinski definition) is 0. The SMILES string of the molecule is [2H]c1c([2H])c2c(c([2H])c1C1=CN3B(C=C1)C=CC(c1c([2H])c([2H])c4c(c1[2H])C(C)(C)CCC4(C)C)=C3N1CN(c3cccc(Oc4ccc5c6ccccc6n(-c6cc(C(C)(C)C)ccn6)c5c4)c3)c3ccccc31)C(C)(C)CCC2(C)C. The first-order valence-corrected chi connectivity index (χ1v) is 27.6. The maximum absolute atomic E-state index is 10.3. The number of para-hydroxylation sites is 3. The Bertz CT molecular complexity index is 4220. The molecule has 0 spiro atoms. The minimum absolute atomic E-state index is 0.0228. The summed E-state index contributed by atoms with van der Waals surface area (Å²) < 4.78 is 68.5. The second-order valence-electron chi connectivity index (χ2n) is 25.7. The quantitative estimate of drug-likeness (QED) is 0.149. The largest absolute Gasteiger partial charge is 0.457 e. The van der Waals surface area contributed by atoms with Crippen molar-refractivity contribution < 1.29 is 13.0 Å². The predicted molar refractivity (Wildman–Crippen MR) is 324 cm³/mol. The van der Waals surface area contributed by atoms with Crippen molar-refractivity contribution in [3.8, 4) is 17.3 Å². The fraction of sp³-hybridized carbons (Fsp3) is 0.300. The van der Waals surface area contributed by atoms with Crippen molar-refractivity contribution in [2.75, 3.05) is 16.5 Å². The van der Waals surface area contributed by atoms with Gasteiger partial charge in [0.1, 0.15) is 29.8 Å². The van der Waals surface area contributed by atoms with Gasteiger partial charge in [-0.3, -0.25) is 4.57 Å². The molecule has 2 aliphatic carbocycles. The number of hydrogen-bond acceptors (Lipinski definition) is 5. The summed E-state index contributed by atoms with van der Waals surface area (Å²) in [6.07, 6.45) is 11.4. The molecule has 0 saturated heterocycles. The zero-order chi connectivity index (χ0) is 58.6. The number of nitrogens with zero attached hydrogens (tertiary/aromatic N) is 5. The van der Waals surface area contributed by atoms with E-state index in [0.29, 0.717) is 46.3 Å². The monoisotopic (exact) mass is 1020 g/mol. The number of pyridine rings is 1. The van der Waals surface area contributed by atoms with E-state index in [1.165, 1.54) is 5.56 Å². The van der Waals surface area contributed by atoms with Gasteiger partial charge in [-0.1, -0.05) is 173 Å². The van der Waals surface area contributed by atoms with Crippen LogP contribution in [0, 0.1) is 0 Å². The summed E-state index contributed by atoms with van der Waals surface area (Å²) in [5.41, 5.74) is 9.78. The molecule has 0 N–H and O–H groups in total. The van der Waals surface area contributed by atoms with Gasteiger partial charge in [0.15, 0.2) is 0 Å². The molecule has 0 radical (unpaired) electrons. The molecule has 13 rings (SSSR count). The van der Waals surface area contributed by atoms with E-state index in [1.807, 2.05) is 54.9 Å². The Kier molecular flexibility index (Phi) is 9.68. The van der Waals surface area contributed by atoms with E-state index in [0.717, 1.165) is 92.6 Å². The van der Waals surface area contributed by atoms with Crippen LogP contribution >= 0.6 is 0 Å². The summed E-state index contributed by atoms with van der Waals surface area (Å²) >= 11 is 0. The molecular weight excluding hydrogens is 938 g/mol. The second-order valence-corrected chi connectivity index (χ2v) is 25.7. The molecule has 0 fully saturated rings. The van der Waals surface area contributed by atoms with Crippen LogP contribution in [0.15, 0.2) is 182 Å². The van der Waals surface area contributed by atoms with Crippen LogP contribution in [0.2, 0.25) is 0 Å². The first-order valence-electron chi connectivity index (χ1n) is 30.6. The van der Waals surface area contributed by atoms with Gasteiger partial charge in [0, 0.05) is 46.6 Å². The third kappa shape index (κ3) is 8.26. The van der Waals surface area contributed by atoms with Gasteiger partial charge in [-0.25, -0.2) is 4.98 Å². The molecule has 0 amide bonds. The average Bonchev–Trinajstić information content (AvgIpc) is 2.41. The minimum Gasteiger partial charge on any atom is -0.457 e. The Labute approximate surface area is 465 Å². The number of allylic oxidation sites excluding steroid dienone is 4. The molecule has 6 nitrogen and oxygen atoms in total. The molecular formula is C70H72BN5O. The van der Waals surface area contributed by atoms with E-state index in [9.17, 15) is 8.22 Å². The Hall–Kier alpha value is -7.51. The Morgan fingerprint density at radius 2 is 1.19 bits per heavy atom. The van der Waals surface area contributed by atoms with Crippen LogP contribution in [0.25, 0.3) is 38.8 Å². The third-order valence-electron chi connectivity index (χ3n) is 17.5. The molecule has 5 aliphatic rings. The lowest BCUT2D eigenvalue weighted by Crippen LogP contribution is -2.44. The van der Waals surface area contributed by atoms with Crippen molar-refractivity contribution in [1.82, 2.24) is 14.4 Å². The number of fused-ring (bicyclic) bond motifs is 7. The molecule has 2 aromatic heterocycles. The number of benzene rings is 6. The normalized spacial score (nSPS) is 19.9. The number of aromatic nitrogens is 2. The minimum atomic E-state index is -0.413. The Morgan fingerprint density at radius 1 is 0.584 bits per heavy atom. The highest BCUT2D eigenvalue weighted by Crippen LogP contribution is 2.51. The van der Waals surface area contributed by atoms with Gasteiger partial charge in [0.25, 0.3) is 0 Å². The smallest absolute Gasteiger partial charge is 0.314 e. The molecule has 3 aliphatic heterocycles. The number of rotatable bonds is 7. The Morgan fingerprint density at radius 3 is 1.91 bits per heavy atom. The van der Waals surface area contributed by atoms with E-state index in [4.69, 9.17) is 9.72 Å². The highest BCUT2D eigenvalue weighted by Gasteiger charge is 2.41. The van der Waals surface area contributed by atoms with Crippen LogP contribution in [-0.2, 0) is 27.1 Å². The fourth-order valence-corrected chi connectivity index (χ4v) is 12.6. The summed E-state index contributed by atoms with van der Waals surface area (Å²) in [7, 11) is 0. The lowest BCUT2D eigenvalue weighted by molar-refractivity contribution is 0.332. The van der Waals surface area contributed by atoms with Crippen molar-refractivity contribution in [1.29, 1.82) is 0 Å². The maximum atomic E-state index is 10.3. The van der Waals surface area contributed by atoms with Crippen molar-refractivity contribution in [2.24, 2.45) is 0 Å². The van der Waals surface area contributed by atoms with Crippen LogP contribution in [0.4, 0.5) is 17.1 Å². The van der Waals surface area contributed by atoms with Gasteiger partial charge in [-0.2, -0.15) is 0 Å². The Balaban J connectivity index is 0.952. The predicted octanol–water partition coefficient (Wildman–Crippen LogP) is 17.8. The van der Waals surface area contributed by atoms with Gasteiger partial charge in [0.05, 0.1) is 30.6 Å². The molecule has 0 bridgehead atoms. The van der Waals surface area contributed by atoms with Crippen LogP contribution in [-0.4, -0.2) is 27.9 Å². The summed E-state index contributed by atoms with van der Waals surface area (Å²) in [5.74, 6) is 7.08. The van der Waals surface area contributed by atoms with Crippen molar-refractivity contribution in [3.63, 3.8) is 0 Å². The van der Waals surface area contributed by atoms with Crippen molar-refractivity contribution in [3.05, 3.63) is 221 Å². The van der Waals surface area contributed by atoms with Gasteiger partial charge >= 0.3 is 6.85 Å². The molecule has 0 saturated carbocycles. The topological polar surface area (TPSA) is 36.8 Å². The van der Waals surface area contributed by atoms with Crippen LogP contribution in [0.3, 0.4) is 0 Å². The van der Waals surface area contributed by atoms with E-state index in [1.54, 1.807) is 0 Å². The molecule has 386 valence electrons. The molecule has 8 aromatic rings. The zero-order valence-electron chi connectivity index (χ0n) is 52.5. The molecule has 6 aromatic carbocycles. The van der Waals surface area contributed by atoms with Crippen LogP contribution < -0.4 is 14.5 Å². The van der Waals surface area contributed by atoms with E-state index >= 15 is 0 Å². The zero-order valence-corrected chi connectivity index (χ0v) is 46.5. The molecule has 5 heterocycles. The first kappa shape index (κ1) is 42.6.